The molecule has 0 aliphatic heterocycles. The lowest BCUT2D eigenvalue weighted by Crippen LogP contribution is -2.43. The van der Waals surface area contributed by atoms with Crippen LogP contribution in [0.2, 0.25) is 0 Å². The van der Waals surface area contributed by atoms with Crippen LogP contribution in [0, 0.1) is 11.8 Å². The highest BCUT2D eigenvalue weighted by atomic mass is 32.1. The molecule has 2 amide bonds. The summed E-state index contributed by atoms with van der Waals surface area (Å²) in [6, 6.07) is -0.418. The van der Waals surface area contributed by atoms with E-state index in [-0.39, 0.29) is 11.2 Å². The first-order valence-electron chi connectivity index (χ1n) is 7.90. The first-order chi connectivity index (χ1) is 10.9. The van der Waals surface area contributed by atoms with E-state index in [2.05, 4.69) is 20.8 Å². The Balaban J connectivity index is 1.50. The van der Waals surface area contributed by atoms with E-state index >= 15 is 0 Å². The number of urea groups is 1. The molecule has 0 spiro atoms. The molecule has 2 N–H and O–H groups in total. The normalized spacial score (nSPS) is 28.0. The lowest BCUT2D eigenvalue weighted by Gasteiger charge is -2.39. The lowest BCUT2D eigenvalue weighted by molar-refractivity contribution is -0.138. The van der Waals surface area contributed by atoms with Crippen LogP contribution >= 0.6 is 11.3 Å². The predicted octanol–water partition coefficient (Wildman–Crippen LogP) is 4.04. The molecule has 1 aromatic heterocycles. The third-order valence-electron chi connectivity index (χ3n) is 4.76. The molecular weight excluding hydrogens is 329 g/mol. The zero-order chi connectivity index (χ0) is 16.4. The van der Waals surface area contributed by atoms with Crippen LogP contribution < -0.4 is 10.6 Å². The van der Waals surface area contributed by atoms with Crippen LogP contribution in [0.15, 0.2) is 0 Å². The lowest BCUT2D eigenvalue weighted by atomic mass is 9.69. The second kappa shape index (κ2) is 6.62. The van der Waals surface area contributed by atoms with E-state index < -0.39 is 17.2 Å². The first-order valence-corrected chi connectivity index (χ1v) is 8.71. The molecule has 128 valence electrons. The molecule has 0 radical (unpaired) electrons. The number of anilines is 1. The van der Waals surface area contributed by atoms with Crippen LogP contribution in [0.4, 0.5) is 23.1 Å². The van der Waals surface area contributed by atoms with Gasteiger partial charge in [-0.15, -0.1) is 10.2 Å². The Labute approximate surface area is 136 Å². The van der Waals surface area contributed by atoms with E-state index in [0.29, 0.717) is 17.3 Å². The molecule has 2 aliphatic rings. The zero-order valence-electron chi connectivity index (χ0n) is 12.5. The Kier molecular flexibility index (Phi) is 4.74. The Hall–Kier alpha value is -1.38. The minimum atomic E-state index is -4.53. The van der Waals surface area contributed by atoms with E-state index in [1.807, 2.05) is 0 Å². The van der Waals surface area contributed by atoms with Gasteiger partial charge in [0.2, 0.25) is 10.1 Å². The summed E-state index contributed by atoms with van der Waals surface area (Å²) in [6.07, 6.45) is 3.54. The highest BCUT2D eigenvalue weighted by Crippen LogP contribution is 2.40. The molecule has 5 nitrogen and oxygen atoms in total. The number of rotatable bonds is 2. The third kappa shape index (κ3) is 4.13. The summed E-state index contributed by atoms with van der Waals surface area (Å²) in [4.78, 5) is 11.9. The highest BCUT2D eigenvalue weighted by Gasteiger charge is 2.36. The maximum atomic E-state index is 12.4. The molecule has 3 atom stereocenters. The Morgan fingerprint density at radius 3 is 2.52 bits per heavy atom. The number of fused-ring (bicyclic) bond motifs is 1. The molecule has 0 bridgehead atoms. The SMILES string of the molecule is O=C(Nc1nnc(C(F)(F)F)s1)N[C@@H]1CC[C@H]2CCCC[C@H]2C1. The van der Waals surface area contributed by atoms with Crippen LogP contribution in [0.25, 0.3) is 0 Å². The standard InChI is InChI=1S/C14H19F3N4OS/c15-14(16,17)11-20-21-13(23-11)19-12(22)18-10-6-5-8-3-1-2-4-9(8)7-10/h8-10H,1-7H2,(H2,18,19,21,22)/t8-,9+,10-/m1/s1. The summed E-state index contributed by atoms with van der Waals surface area (Å²) in [5, 5.41) is 10.4. The number of nitrogens with zero attached hydrogens (tertiary/aromatic N) is 2. The van der Waals surface area contributed by atoms with Crippen molar-refractivity contribution in [3.8, 4) is 0 Å². The van der Waals surface area contributed by atoms with Crippen molar-refractivity contribution < 1.29 is 18.0 Å². The quantitative estimate of drug-likeness (QED) is 0.848. The number of carbonyl (C=O) groups excluding carboxylic acids is 1. The summed E-state index contributed by atoms with van der Waals surface area (Å²) in [5.41, 5.74) is 0. The summed E-state index contributed by atoms with van der Waals surface area (Å²) in [5.74, 6) is 1.45. The van der Waals surface area contributed by atoms with Crippen LogP contribution in [0.5, 0.6) is 0 Å². The van der Waals surface area contributed by atoms with Crippen LogP contribution in [0.3, 0.4) is 0 Å². The van der Waals surface area contributed by atoms with Gasteiger partial charge in [-0.25, -0.2) is 4.79 Å². The summed E-state index contributed by atoms with van der Waals surface area (Å²) < 4.78 is 37.3. The molecule has 1 heterocycles. The van der Waals surface area contributed by atoms with Gasteiger partial charge in [0.15, 0.2) is 0 Å². The zero-order valence-corrected chi connectivity index (χ0v) is 13.3. The molecule has 0 saturated heterocycles. The van der Waals surface area contributed by atoms with Crippen molar-refractivity contribution in [2.45, 2.75) is 57.2 Å². The molecule has 2 aliphatic carbocycles. The largest absolute Gasteiger partial charge is 0.445 e. The number of halogens is 3. The molecular formula is C14H19F3N4OS. The van der Waals surface area contributed by atoms with Crippen LogP contribution in [-0.4, -0.2) is 22.3 Å². The number of aromatic nitrogens is 2. The van der Waals surface area contributed by atoms with Crippen molar-refractivity contribution in [1.82, 2.24) is 15.5 Å². The molecule has 23 heavy (non-hydrogen) atoms. The Bertz CT molecular complexity index is 562. The number of alkyl halides is 3. The summed E-state index contributed by atoms with van der Waals surface area (Å²) in [7, 11) is 0. The van der Waals surface area contributed by atoms with Gasteiger partial charge in [0.05, 0.1) is 0 Å². The van der Waals surface area contributed by atoms with E-state index in [9.17, 15) is 18.0 Å². The average Bonchev–Trinajstić information content (AvgIpc) is 2.95. The number of amides is 2. The van der Waals surface area contributed by atoms with E-state index in [0.717, 1.165) is 25.2 Å². The number of hydrogen-bond acceptors (Lipinski definition) is 4. The van der Waals surface area contributed by atoms with Gasteiger partial charge in [-0.1, -0.05) is 37.0 Å². The number of nitrogens with one attached hydrogen (secondary N) is 2. The molecule has 2 saturated carbocycles. The monoisotopic (exact) mass is 348 g/mol. The third-order valence-corrected chi connectivity index (χ3v) is 5.65. The fourth-order valence-electron chi connectivity index (χ4n) is 3.71. The number of hydrogen-bond donors (Lipinski definition) is 2. The molecule has 9 heteroatoms. The van der Waals surface area contributed by atoms with Crippen molar-refractivity contribution in [2.75, 3.05) is 5.32 Å². The summed E-state index contributed by atoms with van der Waals surface area (Å²) in [6.45, 7) is 0. The van der Waals surface area contributed by atoms with Crippen molar-refractivity contribution in [2.24, 2.45) is 11.8 Å². The average molecular weight is 348 g/mol. The van der Waals surface area contributed by atoms with Gasteiger partial charge in [0, 0.05) is 6.04 Å². The molecule has 1 aromatic rings. The Morgan fingerprint density at radius 1 is 1.09 bits per heavy atom. The van der Waals surface area contributed by atoms with Crippen molar-refractivity contribution in [3.63, 3.8) is 0 Å². The van der Waals surface area contributed by atoms with Gasteiger partial charge in [-0.05, 0) is 31.1 Å². The fraction of sp³-hybridized carbons (Fsp3) is 0.786. The molecule has 0 aromatic carbocycles. The van der Waals surface area contributed by atoms with Gasteiger partial charge in [-0.2, -0.15) is 13.2 Å². The van der Waals surface area contributed by atoms with Crippen molar-refractivity contribution in [3.05, 3.63) is 5.01 Å². The maximum absolute atomic E-state index is 12.4. The van der Waals surface area contributed by atoms with Gasteiger partial charge in [0.1, 0.15) is 0 Å². The molecule has 0 unspecified atom stereocenters. The smallest absolute Gasteiger partial charge is 0.335 e. The van der Waals surface area contributed by atoms with Crippen molar-refractivity contribution in [1.29, 1.82) is 0 Å². The van der Waals surface area contributed by atoms with Crippen LogP contribution in [0.1, 0.15) is 50.0 Å². The van der Waals surface area contributed by atoms with E-state index in [4.69, 9.17) is 0 Å². The minimum absolute atomic E-state index is 0.0874. The van der Waals surface area contributed by atoms with E-state index in [1.54, 1.807) is 0 Å². The fourth-order valence-corrected chi connectivity index (χ4v) is 4.32. The Morgan fingerprint density at radius 2 is 1.83 bits per heavy atom. The van der Waals surface area contributed by atoms with Gasteiger partial charge >= 0.3 is 12.2 Å². The predicted molar refractivity (Wildman–Crippen MR) is 80.2 cm³/mol. The molecule has 2 fully saturated rings. The van der Waals surface area contributed by atoms with Crippen LogP contribution in [-0.2, 0) is 6.18 Å². The summed E-state index contributed by atoms with van der Waals surface area (Å²) >= 11 is 0.329. The molecule has 3 rings (SSSR count). The maximum Gasteiger partial charge on any atom is 0.445 e. The second-order valence-electron chi connectivity index (χ2n) is 6.32. The minimum Gasteiger partial charge on any atom is -0.335 e. The van der Waals surface area contributed by atoms with Gasteiger partial charge in [-0.3, -0.25) is 5.32 Å². The highest BCUT2D eigenvalue weighted by molar-refractivity contribution is 7.15. The first kappa shape index (κ1) is 16.5. The second-order valence-corrected chi connectivity index (χ2v) is 7.30. The van der Waals surface area contributed by atoms with E-state index in [1.165, 1.54) is 25.7 Å². The van der Waals surface area contributed by atoms with Crippen molar-refractivity contribution >= 4 is 22.5 Å². The topological polar surface area (TPSA) is 66.9 Å². The number of carbonyl (C=O) groups is 1. The van der Waals surface area contributed by atoms with Gasteiger partial charge in [0.25, 0.3) is 0 Å². The van der Waals surface area contributed by atoms with Gasteiger partial charge < -0.3 is 5.32 Å².